The largest absolute Gasteiger partial charge is 0.103 e. The van der Waals surface area contributed by atoms with Crippen LogP contribution in [0.25, 0.3) is 0 Å². The zero-order chi connectivity index (χ0) is 3.41. The second kappa shape index (κ2) is 2.74. The standard InChI is InChI=1S/C4H8.H2/c1-3-4-2;/h3H,1,4H2,2H3;1H. The van der Waals surface area contributed by atoms with E-state index in [-0.39, 0.29) is 1.43 Å². The predicted octanol–water partition coefficient (Wildman–Crippen LogP) is 1.83. The molecule has 0 N–H and O–H groups in total. The minimum Gasteiger partial charge on any atom is -0.103 e. The summed E-state index contributed by atoms with van der Waals surface area (Å²) in [5, 5.41) is 0. The Kier molecular flexibility index (Phi) is 2.56. The van der Waals surface area contributed by atoms with Crippen LogP contribution in [0.2, 0.25) is 0 Å². The highest BCUT2D eigenvalue weighted by atomic mass is 13.5. The van der Waals surface area contributed by atoms with Crippen molar-refractivity contribution in [3.8, 4) is 0 Å². The molecule has 0 rings (SSSR count). The summed E-state index contributed by atoms with van der Waals surface area (Å²) in [5.41, 5.74) is 0. The van der Waals surface area contributed by atoms with Gasteiger partial charge in [-0.25, -0.2) is 0 Å². The molecule has 0 heteroatoms. The Morgan fingerprint density at radius 2 is 2.50 bits per heavy atom. The highest BCUT2D eigenvalue weighted by molar-refractivity contribution is 4.60. The van der Waals surface area contributed by atoms with Crippen LogP contribution >= 0.6 is 0 Å². The molecule has 0 aliphatic rings. The van der Waals surface area contributed by atoms with Crippen molar-refractivity contribution in [3.63, 3.8) is 0 Å². The molecule has 4 heavy (non-hydrogen) atoms. The SMILES string of the molecule is C=CCC.[HH]. The zero-order valence-corrected chi connectivity index (χ0v) is 2.99. The average Bonchev–Trinajstić information content (AvgIpc) is 1.37. The van der Waals surface area contributed by atoms with E-state index in [9.17, 15) is 0 Å². The van der Waals surface area contributed by atoms with E-state index >= 15 is 0 Å². The van der Waals surface area contributed by atoms with Crippen molar-refractivity contribution < 1.29 is 1.43 Å². The van der Waals surface area contributed by atoms with Crippen LogP contribution in [-0.2, 0) is 0 Å². The Morgan fingerprint density at radius 3 is 2.50 bits per heavy atom. The van der Waals surface area contributed by atoms with E-state index in [0.717, 1.165) is 6.42 Å². The maximum absolute atomic E-state index is 3.48. The average molecular weight is 58.1 g/mol. The number of hydrogen-bond acceptors (Lipinski definition) is 0. The molecule has 0 aromatic rings. The van der Waals surface area contributed by atoms with E-state index in [1.807, 2.05) is 6.08 Å². The Morgan fingerprint density at radius 1 is 2.25 bits per heavy atom. The molecule has 0 aliphatic heterocycles. The summed E-state index contributed by atoms with van der Waals surface area (Å²) in [6.07, 6.45) is 2.96. The van der Waals surface area contributed by atoms with E-state index in [1.165, 1.54) is 0 Å². The first-order chi connectivity index (χ1) is 1.91. The number of allylic oxidation sites excluding steroid dienone is 1. The number of rotatable bonds is 1. The van der Waals surface area contributed by atoms with E-state index in [1.54, 1.807) is 0 Å². The van der Waals surface area contributed by atoms with Crippen LogP contribution in [0.3, 0.4) is 0 Å². The van der Waals surface area contributed by atoms with Crippen molar-refractivity contribution in [2.24, 2.45) is 0 Å². The maximum Gasteiger partial charge on any atom is 0 e. The fraction of sp³-hybridized carbons (Fsp3) is 0.500. The van der Waals surface area contributed by atoms with Crippen molar-refractivity contribution in [3.05, 3.63) is 12.7 Å². The lowest BCUT2D eigenvalue weighted by Crippen LogP contribution is -1.36. The van der Waals surface area contributed by atoms with E-state index in [0.29, 0.717) is 0 Å². The fourth-order valence-corrected chi connectivity index (χ4v) is 0. The van der Waals surface area contributed by atoms with E-state index in [2.05, 4.69) is 13.5 Å². The third-order valence-electron chi connectivity index (χ3n) is 0.289. The third-order valence-corrected chi connectivity index (χ3v) is 0.289. The molecule has 0 aliphatic carbocycles. The summed E-state index contributed by atoms with van der Waals surface area (Å²) in [5.74, 6) is 0. The minimum atomic E-state index is 0. The molecule has 0 aromatic carbocycles. The van der Waals surface area contributed by atoms with Crippen molar-refractivity contribution in [1.29, 1.82) is 0 Å². The molecular weight excluding hydrogens is 48.0 g/mol. The Balaban J connectivity index is 0. The second-order valence-corrected chi connectivity index (χ2v) is 0.697. The first-order valence-electron chi connectivity index (χ1n) is 1.52. The summed E-state index contributed by atoms with van der Waals surface area (Å²) < 4.78 is 0. The van der Waals surface area contributed by atoms with Gasteiger partial charge in [-0.05, 0) is 6.42 Å². The summed E-state index contributed by atoms with van der Waals surface area (Å²) in [7, 11) is 0. The van der Waals surface area contributed by atoms with Gasteiger partial charge < -0.3 is 0 Å². The van der Waals surface area contributed by atoms with Gasteiger partial charge in [0.2, 0.25) is 0 Å². The number of hydrogen-bond donors (Lipinski definition) is 0. The molecule has 0 bridgehead atoms. The van der Waals surface area contributed by atoms with Crippen molar-refractivity contribution in [2.75, 3.05) is 0 Å². The van der Waals surface area contributed by atoms with Gasteiger partial charge >= 0.3 is 0 Å². The molecule has 0 unspecified atom stereocenters. The van der Waals surface area contributed by atoms with Gasteiger partial charge in [-0.15, -0.1) is 6.58 Å². The molecule has 0 amide bonds. The molecular formula is C4H10. The Bertz CT molecular complexity index is 17.6. The van der Waals surface area contributed by atoms with Crippen LogP contribution in [0.5, 0.6) is 0 Å². The summed E-state index contributed by atoms with van der Waals surface area (Å²) >= 11 is 0. The fourth-order valence-electron chi connectivity index (χ4n) is 0. The lowest BCUT2D eigenvalue weighted by atomic mass is 10.5. The van der Waals surface area contributed by atoms with Gasteiger partial charge in [0.25, 0.3) is 0 Å². The van der Waals surface area contributed by atoms with Gasteiger partial charge in [0.1, 0.15) is 0 Å². The normalized spacial score (nSPS) is 6.25. The smallest absolute Gasteiger partial charge is 0 e. The molecule has 0 saturated heterocycles. The van der Waals surface area contributed by atoms with Gasteiger partial charge in [-0.3, -0.25) is 0 Å². The highest BCUT2D eigenvalue weighted by Crippen LogP contribution is 1.66. The molecule has 0 radical (unpaired) electrons. The predicted molar refractivity (Wildman–Crippen MR) is 22.6 cm³/mol. The first-order valence-corrected chi connectivity index (χ1v) is 1.52. The van der Waals surface area contributed by atoms with Crippen LogP contribution in [0.15, 0.2) is 12.7 Å². The van der Waals surface area contributed by atoms with Crippen LogP contribution in [0.4, 0.5) is 0 Å². The molecule has 0 saturated carbocycles. The minimum absolute atomic E-state index is 0. The lowest BCUT2D eigenvalue weighted by Gasteiger charge is -1.57. The van der Waals surface area contributed by atoms with Gasteiger partial charge in [-0.2, -0.15) is 0 Å². The van der Waals surface area contributed by atoms with Crippen molar-refractivity contribution >= 4 is 0 Å². The quantitative estimate of drug-likeness (QED) is 0.403. The molecule has 0 fully saturated rings. The summed E-state index contributed by atoms with van der Waals surface area (Å²) in [6, 6.07) is 0. The van der Waals surface area contributed by atoms with E-state index < -0.39 is 0 Å². The van der Waals surface area contributed by atoms with Gasteiger partial charge in [0, 0.05) is 1.43 Å². The monoisotopic (exact) mass is 58.1 g/mol. The molecule has 0 heterocycles. The third kappa shape index (κ3) is 1.74. The van der Waals surface area contributed by atoms with Crippen LogP contribution in [0, 0.1) is 0 Å². The molecule has 0 aromatic heterocycles. The second-order valence-electron chi connectivity index (χ2n) is 0.697. The Labute approximate surface area is 28.6 Å². The molecule has 0 spiro atoms. The van der Waals surface area contributed by atoms with Gasteiger partial charge in [0.15, 0.2) is 0 Å². The van der Waals surface area contributed by atoms with Crippen LogP contribution < -0.4 is 0 Å². The van der Waals surface area contributed by atoms with Crippen molar-refractivity contribution in [1.82, 2.24) is 0 Å². The summed E-state index contributed by atoms with van der Waals surface area (Å²) in [4.78, 5) is 0. The summed E-state index contributed by atoms with van der Waals surface area (Å²) in [6.45, 7) is 5.54. The first kappa shape index (κ1) is 3.74. The van der Waals surface area contributed by atoms with Gasteiger partial charge in [0.05, 0.1) is 0 Å². The topological polar surface area (TPSA) is 0 Å². The Hall–Kier alpha value is -0.260. The molecule has 0 atom stereocenters. The molecule has 26 valence electrons. The van der Waals surface area contributed by atoms with Crippen LogP contribution in [-0.4, -0.2) is 0 Å². The van der Waals surface area contributed by atoms with E-state index in [4.69, 9.17) is 0 Å². The lowest BCUT2D eigenvalue weighted by molar-refractivity contribution is 1.23. The molecule has 0 nitrogen and oxygen atoms in total. The zero-order valence-electron chi connectivity index (χ0n) is 2.99. The van der Waals surface area contributed by atoms with Crippen molar-refractivity contribution in [2.45, 2.75) is 13.3 Å². The van der Waals surface area contributed by atoms with Gasteiger partial charge in [-0.1, -0.05) is 13.0 Å². The maximum atomic E-state index is 3.48. The highest BCUT2D eigenvalue weighted by Gasteiger charge is 1.45. The van der Waals surface area contributed by atoms with Crippen LogP contribution in [0.1, 0.15) is 14.8 Å².